The summed E-state index contributed by atoms with van der Waals surface area (Å²) in [4.78, 5) is 11.1. The molecular formula is C15H16N2O2. The van der Waals surface area contributed by atoms with Crippen LogP contribution in [0, 0.1) is 0 Å². The van der Waals surface area contributed by atoms with Crippen molar-refractivity contribution in [2.24, 2.45) is 5.73 Å². The lowest BCUT2D eigenvalue weighted by molar-refractivity contribution is 0.1000. The molecule has 0 unspecified atom stereocenters. The topological polar surface area (TPSA) is 64.3 Å². The molecule has 0 fully saturated rings. The van der Waals surface area contributed by atoms with Gasteiger partial charge >= 0.3 is 0 Å². The van der Waals surface area contributed by atoms with E-state index >= 15 is 0 Å². The fourth-order valence-electron chi connectivity index (χ4n) is 1.75. The van der Waals surface area contributed by atoms with Gasteiger partial charge in [0.05, 0.1) is 7.11 Å². The maximum absolute atomic E-state index is 11.1. The fourth-order valence-corrected chi connectivity index (χ4v) is 1.75. The number of carbonyl (C=O) groups is 1. The third-order valence-corrected chi connectivity index (χ3v) is 2.80. The molecule has 2 aromatic rings. The Morgan fingerprint density at radius 3 is 2.58 bits per heavy atom. The molecule has 2 rings (SSSR count). The minimum absolute atomic E-state index is 0.411. The van der Waals surface area contributed by atoms with Crippen LogP contribution < -0.4 is 15.8 Å². The van der Waals surface area contributed by atoms with Gasteiger partial charge < -0.3 is 15.8 Å². The van der Waals surface area contributed by atoms with Crippen molar-refractivity contribution in [3.63, 3.8) is 0 Å². The van der Waals surface area contributed by atoms with Gasteiger partial charge in [-0.1, -0.05) is 12.1 Å². The van der Waals surface area contributed by atoms with Crippen LogP contribution in [0.3, 0.4) is 0 Å². The van der Waals surface area contributed by atoms with Gasteiger partial charge in [0.2, 0.25) is 5.91 Å². The molecule has 19 heavy (non-hydrogen) atoms. The van der Waals surface area contributed by atoms with Gasteiger partial charge in [0.25, 0.3) is 0 Å². The molecule has 0 aliphatic rings. The highest BCUT2D eigenvalue weighted by molar-refractivity contribution is 5.92. The number of nitrogens with one attached hydrogen (secondary N) is 1. The van der Waals surface area contributed by atoms with E-state index in [1.807, 2.05) is 36.4 Å². The lowest BCUT2D eigenvalue weighted by Crippen LogP contribution is -2.11. The van der Waals surface area contributed by atoms with Gasteiger partial charge in [-0.3, -0.25) is 4.79 Å². The second kappa shape index (κ2) is 5.91. The summed E-state index contributed by atoms with van der Waals surface area (Å²) in [5.41, 5.74) is 7.77. The normalized spacial score (nSPS) is 9.95. The zero-order valence-electron chi connectivity index (χ0n) is 10.7. The summed E-state index contributed by atoms with van der Waals surface area (Å²) in [5, 5.41) is 3.27. The smallest absolute Gasteiger partial charge is 0.248 e. The van der Waals surface area contributed by atoms with Crippen LogP contribution in [0.4, 0.5) is 5.69 Å². The van der Waals surface area contributed by atoms with Gasteiger partial charge in [-0.15, -0.1) is 0 Å². The largest absolute Gasteiger partial charge is 0.497 e. The number of benzene rings is 2. The second-order valence-electron chi connectivity index (χ2n) is 4.15. The minimum Gasteiger partial charge on any atom is -0.497 e. The summed E-state index contributed by atoms with van der Waals surface area (Å²) >= 11 is 0. The van der Waals surface area contributed by atoms with E-state index < -0.39 is 5.91 Å². The highest BCUT2D eigenvalue weighted by Gasteiger charge is 2.01. The lowest BCUT2D eigenvalue weighted by atomic mass is 10.1. The van der Waals surface area contributed by atoms with Crippen molar-refractivity contribution in [1.82, 2.24) is 0 Å². The summed E-state index contributed by atoms with van der Waals surface area (Å²) in [7, 11) is 1.64. The second-order valence-corrected chi connectivity index (χ2v) is 4.15. The maximum atomic E-state index is 11.1. The van der Waals surface area contributed by atoms with Crippen molar-refractivity contribution >= 4 is 11.6 Å². The molecule has 0 bridgehead atoms. The van der Waals surface area contributed by atoms with Crippen LogP contribution in [-0.2, 0) is 6.54 Å². The van der Waals surface area contributed by atoms with E-state index in [0.29, 0.717) is 12.1 Å². The predicted molar refractivity (Wildman–Crippen MR) is 75.3 cm³/mol. The van der Waals surface area contributed by atoms with E-state index in [9.17, 15) is 4.79 Å². The first-order valence-corrected chi connectivity index (χ1v) is 5.96. The Kier molecular flexibility index (Phi) is 4.03. The number of amides is 1. The molecule has 0 radical (unpaired) electrons. The van der Waals surface area contributed by atoms with Crippen LogP contribution in [0.2, 0.25) is 0 Å². The van der Waals surface area contributed by atoms with Gasteiger partial charge in [0.1, 0.15) is 5.75 Å². The predicted octanol–water partition coefficient (Wildman–Crippen LogP) is 2.41. The number of methoxy groups -OCH3 is 1. The van der Waals surface area contributed by atoms with Crippen molar-refractivity contribution < 1.29 is 9.53 Å². The van der Waals surface area contributed by atoms with E-state index in [0.717, 1.165) is 17.0 Å². The molecule has 0 saturated carbocycles. The molecule has 0 atom stereocenters. The van der Waals surface area contributed by atoms with Gasteiger partial charge in [-0.25, -0.2) is 0 Å². The van der Waals surface area contributed by atoms with Gasteiger partial charge in [-0.2, -0.15) is 0 Å². The quantitative estimate of drug-likeness (QED) is 0.863. The van der Waals surface area contributed by atoms with Crippen molar-refractivity contribution in [1.29, 1.82) is 0 Å². The number of hydrogen-bond donors (Lipinski definition) is 2. The zero-order chi connectivity index (χ0) is 13.7. The van der Waals surface area contributed by atoms with Gasteiger partial charge in [-0.05, 0) is 42.0 Å². The Bertz CT molecular complexity index is 565. The van der Waals surface area contributed by atoms with Crippen LogP contribution in [0.25, 0.3) is 0 Å². The molecule has 0 aliphatic heterocycles. The molecular weight excluding hydrogens is 240 g/mol. The number of carbonyl (C=O) groups excluding carboxylic acids is 1. The maximum Gasteiger partial charge on any atom is 0.248 e. The molecule has 1 amide bonds. The van der Waals surface area contributed by atoms with E-state index in [4.69, 9.17) is 10.5 Å². The monoisotopic (exact) mass is 256 g/mol. The van der Waals surface area contributed by atoms with E-state index in [2.05, 4.69) is 5.32 Å². The fraction of sp³-hybridized carbons (Fsp3) is 0.133. The van der Waals surface area contributed by atoms with Crippen LogP contribution in [0.5, 0.6) is 5.75 Å². The Labute approximate surface area is 112 Å². The van der Waals surface area contributed by atoms with Crippen molar-refractivity contribution in [3.8, 4) is 5.75 Å². The molecule has 4 nitrogen and oxygen atoms in total. The minimum atomic E-state index is -0.411. The number of rotatable bonds is 5. The van der Waals surface area contributed by atoms with Crippen molar-refractivity contribution in [2.75, 3.05) is 12.4 Å². The summed E-state index contributed by atoms with van der Waals surface area (Å²) in [6.45, 7) is 0.632. The standard InChI is InChI=1S/C15H16N2O2/c1-19-14-7-5-13(6-8-14)17-10-11-3-2-4-12(9-11)15(16)18/h2-9,17H,10H2,1H3,(H2,16,18). The molecule has 98 valence electrons. The van der Waals surface area contributed by atoms with Crippen molar-refractivity contribution in [2.45, 2.75) is 6.54 Å². The molecule has 4 heteroatoms. The Balaban J connectivity index is 2.01. The third-order valence-electron chi connectivity index (χ3n) is 2.80. The summed E-state index contributed by atoms with van der Waals surface area (Å²) in [6.07, 6.45) is 0. The molecule has 2 aromatic carbocycles. The van der Waals surface area contributed by atoms with Gasteiger partial charge in [0.15, 0.2) is 0 Å². The number of primary amides is 1. The Hall–Kier alpha value is -2.49. The highest BCUT2D eigenvalue weighted by Crippen LogP contribution is 2.16. The van der Waals surface area contributed by atoms with Gasteiger partial charge in [0, 0.05) is 17.8 Å². The Morgan fingerprint density at radius 2 is 1.95 bits per heavy atom. The summed E-state index contributed by atoms with van der Waals surface area (Å²) in [5.74, 6) is 0.410. The molecule has 0 spiro atoms. The number of ether oxygens (including phenoxy) is 1. The van der Waals surface area contributed by atoms with E-state index in [1.165, 1.54) is 0 Å². The van der Waals surface area contributed by atoms with E-state index in [-0.39, 0.29) is 0 Å². The molecule has 0 saturated heterocycles. The first-order valence-electron chi connectivity index (χ1n) is 5.96. The zero-order valence-corrected chi connectivity index (χ0v) is 10.7. The number of hydrogen-bond acceptors (Lipinski definition) is 3. The first kappa shape index (κ1) is 13.0. The molecule has 3 N–H and O–H groups in total. The number of nitrogens with two attached hydrogens (primary N) is 1. The van der Waals surface area contributed by atoms with Crippen molar-refractivity contribution in [3.05, 3.63) is 59.7 Å². The van der Waals surface area contributed by atoms with Crippen LogP contribution in [-0.4, -0.2) is 13.0 Å². The molecule has 0 aliphatic carbocycles. The highest BCUT2D eigenvalue weighted by atomic mass is 16.5. The summed E-state index contributed by atoms with van der Waals surface area (Å²) < 4.78 is 5.09. The van der Waals surface area contributed by atoms with Crippen LogP contribution >= 0.6 is 0 Å². The molecule has 0 aromatic heterocycles. The van der Waals surface area contributed by atoms with Crippen LogP contribution in [0.1, 0.15) is 15.9 Å². The summed E-state index contributed by atoms with van der Waals surface area (Å²) in [6, 6.07) is 14.9. The van der Waals surface area contributed by atoms with E-state index in [1.54, 1.807) is 19.2 Å². The lowest BCUT2D eigenvalue weighted by Gasteiger charge is -2.08. The van der Waals surface area contributed by atoms with Crippen LogP contribution in [0.15, 0.2) is 48.5 Å². The SMILES string of the molecule is COc1ccc(NCc2cccc(C(N)=O)c2)cc1. The average Bonchev–Trinajstić information content (AvgIpc) is 2.46. The molecule has 0 heterocycles. The average molecular weight is 256 g/mol. The third kappa shape index (κ3) is 3.48. The first-order chi connectivity index (χ1) is 9.19. The Morgan fingerprint density at radius 1 is 1.21 bits per heavy atom. The number of anilines is 1.